The molecule has 0 aliphatic carbocycles. The van der Waals surface area contributed by atoms with Gasteiger partial charge in [0.15, 0.2) is 0 Å². The largest absolute Gasteiger partial charge is 0.392 e. The topological polar surface area (TPSA) is 43.0 Å². The number of benzene rings is 1. The second-order valence-corrected chi connectivity index (χ2v) is 5.92. The molecule has 3 rings (SSSR count). The molecule has 3 aromatic rings. The van der Waals surface area contributed by atoms with Crippen LogP contribution in [0.15, 0.2) is 36.7 Å². The lowest BCUT2D eigenvalue weighted by Crippen LogP contribution is -2.04. The van der Waals surface area contributed by atoms with E-state index in [0.29, 0.717) is 17.6 Å². The summed E-state index contributed by atoms with van der Waals surface area (Å²) in [6.07, 6.45) is 3.96. The second-order valence-electron chi connectivity index (χ2n) is 5.48. The van der Waals surface area contributed by atoms with Gasteiger partial charge in [0.05, 0.1) is 24.4 Å². The molecule has 0 spiro atoms. The molecule has 5 heteroatoms. The fourth-order valence-corrected chi connectivity index (χ4v) is 2.69. The maximum atomic E-state index is 9.50. The molecule has 0 aliphatic heterocycles. The third-order valence-electron chi connectivity index (χ3n) is 3.62. The van der Waals surface area contributed by atoms with Crippen molar-refractivity contribution in [3.8, 4) is 0 Å². The van der Waals surface area contributed by atoms with Crippen molar-refractivity contribution in [1.82, 2.24) is 14.3 Å². The molecule has 21 heavy (non-hydrogen) atoms. The first-order valence-electron chi connectivity index (χ1n) is 7.00. The number of aromatic nitrogens is 3. The Labute approximate surface area is 128 Å². The molecule has 0 unspecified atom stereocenters. The molecular weight excluding hydrogens is 286 g/mol. The van der Waals surface area contributed by atoms with Crippen LogP contribution in [0.1, 0.15) is 31.1 Å². The van der Waals surface area contributed by atoms with Crippen molar-refractivity contribution in [2.24, 2.45) is 0 Å². The Hall–Kier alpha value is -1.78. The van der Waals surface area contributed by atoms with E-state index in [1.54, 1.807) is 0 Å². The van der Waals surface area contributed by atoms with E-state index in [0.717, 1.165) is 22.2 Å². The lowest BCUT2D eigenvalue weighted by Gasteiger charge is -2.05. The zero-order valence-corrected chi connectivity index (χ0v) is 12.9. The first-order valence-corrected chi connectivity index (χ1v) is 7.38. The summed E-state index contributed by atoms with van der Waals surface area (Å²) in [5, 5.41) is 15.8. The number of fused-ring (bicyclic) bond motifs is 1. The normalized spacial score (nSPS) is 11.7. The highest BCUT2D eigenvalue weighted by Gasteiger charge is 2.10. The highest BCUT2D eigenvalue weighted by molar-refractivity contribution is 6.31. The van der Waals surface area contributed by atoms with Gasteiger partial charge < -0.3 is 9.67 Å². The first-order chi connectivity index (χ1) is 10.1. The van der Waals surface area contributed by atoms with Crippen molar-refractivity contribution >= 4 is 22.5 Å². The average Bonchev–Trinajstić information content (AvgIpc) is 3.04. The minimum absolute atomic E-state index is 0.0194. The Kier molecular flexibility index (Phi) is 3.74. The molecule has 4 nitrogen and oxygen atoms in total. The van der Waals surface area contributed by atoms with E-state index in [2.05, 4.69) is 23.5 Å². The van der Waals surface area contributed by atoms with Crippen molar-refractivity contribution in [3.63, 3.8) is 0 Å². The third-order valence-corrected chi connectivity index (χ3v) is 3.86. The van der Waals surface area contributed by atoms with Gasteiger partial charge in [-0.3, -0.25) is 4.68 Å². The number of aliphatic hydroxyl groups is 1. The lowest BCUT2D eigenvalue weighted by molar-refractivity contribution is 0.283. The smallest absolute Gasteiger partial charge is 0.0821 e. The number of nitrogens with zero attached hydrogens (tertiary/aromatic N) is 3. The van der Waals surface area contributed by atoms with Crippen LogP contribution < -0.4 is 0 Å². The highest BCUT2D eigenvalue weighted by atomic mass is 35.5. The van der Waals surface area contributed by atoms with Gasteiger partial charge in [-0.05, 0) is 32.0 Å². The van der Waals surface area contributed by atoms with Crippen molar-refractivity contribution < 1.29 is 5.11 Å². The van der Waals surface area contributed by atoms with Crippen LogP contribution in [0.25, 0.3) is 10.9 Å². The van der Waals surface area contributed by atoms with Crippen LogP contribution in [0.5, 0.6) is 0 Å². The van der Waals surface area contributed by atoms with Gasteiger partial charge >= 0.3 is 0 Å². The van der Waals surface area contributed by atoms with E-state index in [1.807, 2.05) is 41.3 Å². The summed E-state index contributed by atoms with van der Waals surface area (Å²) in [5.74, 6) is 0. The lowest BCUT2D eigenvalue weighted by atomic mass is 10.2. The van der Waals surface area contributed by atoms with Crippen molar-refractivity contribution in [2.45, 2.75) is 33.0 Å². The van der Waals surface area contributed by atoms with Gasteiger partial charge in [-0.1, -0.05) is 17.7 Å². The molecule has 0 aliphatic rings. The molecule has 0 amide bonds. The summed E-state index contributed by atoms with van der Waals surface area (Å²) < 4.78 is 4.03. The van der Waals surface area contributed by atoms with Crippen LogP contribution in [0, 0.1) is 0 Å². The molecular formula is C16H18ClN3O. The summed E-state index contributed by atoms with van der Waals surface area (Å²) in [4.78, 5) is 0. The maximum Gasteiger partial charge on any atom is 0.0821 e. The van der Waals surface area contributed by atoms with Crippen LogP contribution >= 0.6 is 11.6 Å². The third kappa shape index (κ3) is 2.69. The van der Waals surface area contributed by atoms with Crippen LogP contribution in [0.3, 0.4) is 0 Å². The Balaban J connectivity index is 2.01. The monoisotopic (exact) mass is 303 g/mol. The van der Waals surface area contributed by atoms with Crippen molar-refractivity contribution in [3.05, 3.63) is 52.9 Å². The summed E-state index contributed by atoms with van der Waals surface area (Å²) in [7, 11) is 0. The second kappa shape index (κ2) is 5.54. The summed E-state index contributed by atoms with van der Waals surface area (Å²) in [6.45, 7) is 4.89. The summed E-state index contributed by atoms with van der Waals surface area (Å²) in [6, 6.07) is 8.10. The standard InChI is InChI=1S/C16H18ClN3O/c1-11(2)20-6-5-14(18-20)9-19-8-12(10-21)15-4-3-13(17)7-16(15)19/h3-8,11,21H,9-10H2,1-2H3. The van der Waals surface area contributed by atoms with Crippen LogP contribution in [0.2, 0.25) is 5.02 Å². The maximum absolute atomic E-state index is 9.50. The summed E-state index contributed by atoms with van der Waals surface area (Å²) in [5.41, 5.74) is 2.92. The van der Waals surface area contributed by atoms with E-state index in [-0.39, 0.29) is 6.61 Å². The minimum Gasteiger partial charge on any atom is -0.392 e. The molecule has 0 saturated heterocycles. The average molecular weight is 304 g/mol. The number of hydrogen-bond acceptors (Lipinski definition) is 2. The molecule has 0 saturated carbocycles. The Morgan fingerprint density at radius 3 is 2.76 bits per heavy atom. The molecule has 2 heterocycles. The van der Waals surface area contributed by atoms with Gasteiger partial charge in [-0.25, -0.2) is 0 Å². The fraction of sp³-hybridized carbons (Fsp3) is 0.312. The van der Waals surface area contributed by atoms with Crippen LogP contribution in [-0.4, -0.2) is 19.5 Å². The van der Waals surface area contributed by atoms with Gasteiger partial charge in [0.2, 0.25) is 0 Å². The quantitative estimate of drug-likeness (QED) is 0.800. The number of hydrogen-bond donors (Lipinski definition) is 1. The first kappa shape index (κ1) is 14.2. The number of halogens is 1. The molecule has 0 fully saturated rings. The van der Waals surface area contributed by atoms with E-state index in [1.165, 1.54) is 0 Å². The van der Waals surface area contributed by atoms with Gasteiger partial charge in [0.1, 0.15) is 0 Å². The molecule has 0 bridgehead atoms. The molecule has 0 atom stereocenters. The zero-order valence-electron chi connectivity index (χ0n) is 12.1. The van der Waals surface area contributed by atoms with Crippen LogP contribution in [0.4, 0.5) is 0 Å². The fourth-order valence-electron chi connectivity index (χ4n) is 2.52. The number of rotatable bonds is 4. The number of aliphatic hydroxyl groups excluding tert-OH is 1. The van der Waals surface area contributed by atoms with Gasteiger partial charge in [-0.2, -0.15) is 5.10 Å². The van der Waals surface area contributed by atoms with Crippen LogP contribution in [-0.2, 0) is 13.2 Å². The molecule has 0 radical (unpaired) electrons. The van der Waals surface area contributed by atoms with E-state index in [9.17, 15) is 5.11 Å². The SMILES string of the molecule is CC(C)n1ccc(Cn2cc(CO)c3ccc(Cl)cc32)n1. The highest BCUT2D eigenvalue weighted by Crippen LogP contribution is 2.25. The Morgan fingerprint density at radius 2 is 2.10 bits per heavy atom. The van der Waals surface area contributed by atoms with Crippen molar-refractivity contribution in [1.29, 1.82) is 0 Å². The zero-order chi connectivity index (χ0) is 15.0. The molecule has 1 N–H and O–H groups in total. The molecule has 110 valence electrons. The van der Waals surface area contributed by atoms with E-state index >= 15 is 0 Å². The predicted molar refractivity (Wildman–Crippen MR) is 84.6 cm³/mol. The minimum atomic E-state index is 0.0194. The molecule has 2 aromatic heterocycles. The Bertz CT molecular complexity index is 773. The molecule has 1 aromatic carbocycles. The van der Waals surface area contributed by atoms with Gasteiger partial charge in [0, 0.05) is 34.4 Å². The summed E-state index contributed by atoms with van der Waals surface area (Å²) >= 11 is 6.10. The van der Waals surface area contributed by atoms with Gasteiger partial charge in [0.25, 0.3) is 0 Å². The van der Waals surface area contributed by atoms with Crippen molar-refractivity contribution in [2.75, 3.05) is 0 Å². The predicted octanol–water partition coefficient (Wildman–Crippen LogP) is 3.61. The van der Waals surface area contributed by atoms with E-state index < -0.39 is 0 Å². The Morgan fingerprint density at radius 1 is 1.29 bits per heavy atom. The van der Waals surface area contributed by atoms with Gasteiger partial charge in [-0.15, -0.1) is 0 Å². The van der Waals surface area contributed by atoms with E-state index in [4.69, 9.17) is 11.6 Å².